The van der Waals surface area contributed by atoms with Crippen LogP contribution >= 0.6 is 0 Å². The molecule has 0 N–H and O–H groups in total. The summed E-state index contributed by atoms with van der Waals surface area (Å²) in [5.41, 5.74) is 3.32. The number of pyridine rings is 1. The molecule has 3 aliphatic heterocycles. The van der Waals surface area contributed by atoms with Crippen molar-refractivity contribution in [2.45, 2.75) is 63.1 Å². The molecule has 1 aromatic carbocycles. The van der Waals surface area contributed by atoms with E-state index in [4.69, 9.17) is 14.2 Å². The Kier molecular flexibility index (Phi) is 4.73. The highest BCUT2D eigenvalue weighted by molar-refractivity contribution is 5.85. The predicted molar refractivity (Wildman–Crippen MR) is 123 cm³/mol. The maximum Gasteiger partial charge on any atom is 0.253 e. The summed E-state index contributed by atoms with van der Waals surface area (Å²) in [6, 6.07) is 5.99. The number of hydrogen-bond donors (Lipinski definition) is 0. The molecule has 2 saturated heterocycles. The Morgan fingerprint density at radius 1 is 1.32 bits per heavy atom. The van der Waals surface area contributed by atoms with Crippen LogP contribution in [0.4, 0.5) is 0 Å². The topological polar surface area (TPSA) is 91.6 Å². The zero-order valence-electron chi connectivity index (χ0n) is 19.9. The average Bonchev–Trinajstić information content (AvgIpc) is 3.49. The van der Waals surface area contributed by atoms with Gasteiger partial charge in [0, 0.05) is 38.5 Å². The standard InChI is InChI=1S/C25H29N5O4/c1-15(33-17-5-6-20-19(9-17)18-7-8-32-12-16(18)10-26-20)21-11-30(28-27-21)25-13-24(2,14-25)34-22(25)23(31)29(3)4/h5-6,9-11,15,22H,7-8,12-14H2,1-4H3/t15-,22?,24?,25?/m1/s1. The zero-order chi connectivity index (χ0) is 23.7. The van der Waals surface area contributed by atoms with Gasteiger partial charge < -0.3 is 19.1 Å². The number of fused-ring (bicyclic) bond motifs is 4. The highest BCUT2D eigenvalue weighted by Crippen LogP contribution is 2.59. The van der Waals surface area contributed by atoms with Gasteiger partial charge in [0.1, 0.15) is 23.1 Å². The largest absolute Gasteiger partial charge is 0.484 e. The molecule has 9 nitrogen and oxygen atoms in total. The molecule has 0 radical (unpaired) electrons. The van der Waals surface area contributed by atoms with E-state index in [1.165, 1.54) is 5.56 Å². The van der Waals surface area contributed by atoms with Crippen molar-refractivity contribution in [3.8, 4) is 5.75 Å². The lowest BCUT2D eigenvalue weighted by molar-refractivity contribution is -0.141. The number of hydrogen-bond acceptors (Lipinski definition) is 7. The van der Waals surface area contributed by atoms with E-state index in [0.29, 0.717) is 12.3 Å². The number of aromatic nitrogens is 4. The van der Waals surface area contributed by atoms with E-state index in [0.717, 1.165) is 48.1 Å². The predicted octanol–water partition coefficient (Wildman–Crippen LogP) is 2.77. The van der Waals surface area contributed by atoms with Crippen LogP contribution in [-0.4, -0.2) is 63.2 Å². The lowest BCUT2D eigenvalue weighted by Gasteiger charge is -2.42. The van der Waals surface area contributed by atoms with Gasteiger partial charge in [-0.1, -0.05) is 5.21 Å². The summed E-state index contributed by atoms with van der Waals surface area (Å²) < 4.78 is 19.8. The molecule has 0 spiro atoms. The fraction of sp³-hybridized carbons (Fsp3) is 0.520. The second-order valence-electron chi connectivity index (χ2n) is 10.2. The smallest absolute Gasteiger partial charge is 0.253 e. The summed E-state index contributed by atoms with van der Waals surface area (Å²) in [5, 5.41) is 9.92. The minimum absolute atomic E-state index is 0.0407. The summed E-state index contributed by atoms with van der Waals surface area (Å²) in [5.74, 6) is 0.719. The molecule has 5 heterocycles. The summed E-state index contributed by atoms with van der Waals surface area (Å²) in [6.07, 6.45) is 5.30. The highest BCUT2D eigenvalue weighted by Gasteiger charge is 2.70. The minimum Gasteiger partial charge on any atom is -0.484 e. The SMILES string of the molecule is C[C@@H](Oc1ccc2ncc3c(c2c1)CCOC3)c1cn(C23CC(C)(C2)OC3C(=O)N(C)C)nn1. The molecule has 1 saturated carbocycles. The van der Waals surface area contributed by atoms with Gasteiger partial charge in [-0.25, -0.2) is 4.68 Å². The van der Waals surface area contributed by atoms with Gasteiger partial charge in [-0.2, -0.15) is 0 Å². The molecule has 1 aliphatic carbocycles. The summed E-state index contributed by atoms with van der Waals surface area (Å²) in [6.45, 7) is 5.34. The molecule has 2 aromatic heterocycles. The fourth-order valence-corrected chi connectivity index (χ4v) is 5.77. The molecule has 34 heavy (non-hydrogen) atoms. The second-order valence-corrected chi connectivity index (χ2v) is 10.2. The van der Waals surface area contributed by atoms with Crippen molar-refractivity contribution in [1.82, 2.24) is 24.9 Å². The van der Waals surface area contributed by atoms with Gasteiger partial charge in [0.05, 0.1) is 30.5 Å². The average molecular weight is 464 g/mol. The number of benzene rings is 1. The van der Waals surface area contributed by atoms with Crippen molar-refractivity contribution >= 4 is 16.8 Å². The molecule has 1 amide bonds. The van der Waals surface area contributed by atoms with E-state index in [1.54, 1.807) is 19.0 Å². The van der Waals surface area contributed by atoms with Crippen molar-refractivity contribution < 1.29 is 19.0 Å². The molecular formula is C25H29N5O4. The number of carbonyl (C=O) groups excluding carboxylic acids is 1. The van der Waals surface area contributed by atoms with Gasteiger partial charge in [-0.15, -0.1) is 5.10 Å². The number of rotatable bonds is 5. The van der Waals surface area contributed by atoms with Gasteiger partial charge >= 0.3 is 0 Å². The number of amides is 1. The summed E-state index contributed by atoms with van der Waals surface area (Å²) in [4.78, 5) is 18.9. The molecule has 7 rings (SSSR count). The normalized spacial score (nSPS) is 28.3. The molecule has 178 valence electrons. The van der Waals surface area contributed by atoms with Crippen LogP contribution in [0.25, 0.3) is 10.9 Å². The Morgan fingerprint density at radius 3 is 2.94 bits per heavy atom. The third-order valence-electron chi connectivity index (χ3n) is 7.41. The van der Waals surface area contributed by atoms with Crippen LogP contribution in [0.1, 0.15) is 49.6 Å². The minimum atomic E-state index is -0.554. The van der Waals surface area contributed by atoms with Crippen LogP contribution in [0.3, 0.4) is 0 Å². The quantitative estimate of drug-likeness (QED) is 0.575. The third kappa shape index (κ3) is 3.21. The van der Waals surface area contributed by atoms with Gasteiger partial charge in [-0.05, 0) is 49.6 Å². The first-order valence-electron chi connectivity index (χ1n) is 11.7. The summed E-state index contributed by atoms with van der Waals surface area (Å²) >= 11 is 0. The zero-order valence-corrected chi connectivity index (χ0v) is 19.9. The summed E-state index contributed by atoms with van der Waals surface area (Å²) in [7, 11) is 3.51. The maximum absolute atomic E-state index is 12.8. The Morgan fingerprint density at radius 2 is 2.15 bits per heavy atom. The number of likely N-dealkylation sites (N-methyl/N-ethyl adjacent to an activating group) is 1. The Hall–Kier alpha value is -3.04. The third-order valence-corrected chi connectivity index (χ3v) is 7.41. The number of nitrogens with zero attached hydrogens (tertiary/aromatic N) is 5. The molecule has 3 aromatic rings. The lowest BCUT2D eigenvalue weighted by atomic mass is 9.67. The number of ether oxygens (including phenoxy) is 3. The first-order valence-corrected chi connectivity index (χ1v) is 11.7. The van der Waals surface area contributed by atoms with Gasteiger partial charge in [-0.3, -0.25) is 9.78 Å². The molecule has 4 aliphatic rings. The molecule has 3 fully saturated rings. The molecular weight excluding hydrogens is 434 g/mol. The molecule has 1 unspecified atom stereocenters. The van der Waals surface area contributed by atoms with Crippen LogP contribution in [0.15, 0.2) is 30.6 Å². The Bertz CT molecular complexity index is 1280. The Balaban J connectivity index is 1.25. The van der Waals surface area contributed by atoms with Gasteiger partial charge in [0.25, 0.3) is 5.91 Å². The van der Waals surface area contributed by atoms with Crippen LogP contribution < -0.4 is 4.74 Å². The van der Waals surface area contributed by atoms with Crippen LogP contribution in [0.2, 0.25) is 0 Å². The lowest BCUT2D eigenvalue weighted by Crippen LogP contribution is -2.54. The van der Waals surface area contributed by atoms with E-state index < -0.39 is 11.6 Å². The van der Waals surface area contributed by atoms with Crippen LogP contribution in [0, 0.1) is 0 Å². The van der Waals surface area contributed by atoms with Crippen molar-refractivity contribution in [2.24, 2.45) is 0 Å². The van der Waals surface area contributed by atoms with Crippen LogP contribution in [0.5, 0.6) is 5.75 Å². The van der Waals surface area contributed by atoms with Crippen molar-refractivity contribution in [1.29, 1.82) is 0 Å². The molecule has 9 heteroatoms. The van der Waals surface area contributed by atoms with Crippen molar-refractivity contribution in [3.05, 3.63) is 47.4 Å². The van der Waals surface area contributed by atoms with Gasteiger partial charge in [0.15, 0.2) is 6.10 Å². The van der Waals surface area contributed by atoms with E-state index in [1.807, 2.05) is 36.1 Å². The van der Waals surface area contributed by atoms with Crippen molar-refractivity contribution in [3.63, 3.8) is 0 Å². The fourth-order valence-electron chi connectivity index (χ4n) is 5.77. The van der Waals surface area contributed by atoms with Crippen LogP contribution in [-0.2, 0) is 32.8 Å². The maximum atomic E-state index is 12.8. The number of carbonyl (C=O) groups is 1. The van der Waals surface area contributed by atoms with E-state index >= 15 is 0 Å². The highest BCUT2D eigenvalue weighted by atomic mass is 16.5. The molecule has 2 atom stereocenters. The van der Waals surface area contributed by atoms with Crippen molar-refractivity contribution in [2.75, 3.05) is 20.7 Å². The first kappa shape index (κ1) is 21.5. The Labute approximate surface area is 198 Å². The monoisotopic (exact) mass is 463 g/mol. The molecule has 2 bridgehead atoms. The second kappa shape index (κ2) is 7.48. The van der Waals surface area contributed by atoms with E-state index in [2.05, 4.69) is 28.3 Å². The van der Waals surface area contributed by atoms with Gasteiger partial charge in [0.2, 0.25) is 0 Å². The first-order chi connectivity index (χ1) is 16.3. The van der Waals surface area contributed by atoms with E-state index in [-0.39, 0.29) is 17.6 Å². The van der Waals surface area contributed by atoms with E-state index in [9.17, 15) is 4.79 Å².